The molecule has 0 bridgehead atoms. The molecule has 2 N–H and O–H groups in total. The molecule has 2 heterocycles. The zero-order valence-corrected chi connectivity index (χ0v) is 14.7. The van der Waals surface area contributed by atoms with E-state index < -0.39 is 0 Å². The molecule has 1 saturated heterocycles. The van der Waals surface area contributed by atoms with Crippen LogP contribution in [0.1, 0.15) is 24.6 Å². The zero-order chi connectivity index (χ0) is 17.8. The van der Waals surface area contributed by atoms with Crippen molar-refractivity contribution < 1.29 is 9.21 Å². The summed E-state index contributed by atoms with van der Waals surface area (Å²) in [5.41, 5.74) is 0.816. The van der Waals surface area contributed by atoms with Crippen molar-refractivity contribution in [2.45, 2.75) is 18.9 Å². The third-order valence-corrected chi connectivity index (χ3v) is 4.95. The first-order valence-electron chi connectivity index (χ1n) is 9.11. The van der Waals surface area contributed by atoms with Gasteiger partial charge in [0.25, 0.3) is 0 Å². The molecule has 0 radical (unpaired) electrons. The summed E-state index contributed by atoms with van der Waals surface area (Å²) in [6, 6.07) is 17.7. The number of likely N-dealkylation sites (tertiary alicyclic amines) is 1. The van der Waals surface area contributed by atoms with Crippen LogP contribution in [0, 0.1) is 0 Å². The number of hydrogen-bond acceptors (Lipinski definition) is 3. The maximum Gasteiger partial charge on any atom is 0.319 e. The number of fused-ring (bicyclic) bond motifs is 1. The van der Waals surface area contributed by atoms with Gasteiger partial charge in [0, 0.05) is 11.9 Å². The topological polar surface area (TPSA) is 57.5 Å². The van der Waals surface area contributed by atoms with Gasteiger partial charge in [-0.25, -0.2) is 4.79 Å². The van der Waals surface area contributed by atoms with E-state index in [0.717, 1.165) is 35.3 Å². The summed E-state index contributed by atoms with van der Waals surface area (Å²) in [4.78, 5) is 14.8. The minimum Gasteiger partial charge on any atom is -0.468 e. The van der Waals surface area contributed by atoms with Crippen LogP contribution in [0.4, 0.5) is 10.5 Å². The summed E-state index contributed by atoms with van der Waals surface area (Å²) in [7, 11) is 0. The number of hydrogen-bond donors (Lipinski definition) is 2. The third kappa shape index (κ3) is 3.58. The lowest BCUT2D eigenvalue weighted by Crippen LogP contribution is -2.38. The summed E-state index contributed by atoms with van der Waals surface area (Å²) in [6.07, 6.45) is 4.08. The molecule has 26 heavy (non-hydrogen) atoms. The monoisotopic (exact) mass is 349 g/mol. The van der Waals surface area contributed by atoms with Gasteiger partial charge >= 0.3 is 6.03 Å². The molecule has 134 valence electrons. The van der Waals surface area contributed by atoms with Crippen molar-refractivity contribution in [3.8, 4) is 0 Å². The Morgan fingerprint density at radius 2 is 1.85 bits per heavy atom. The molecule has 0 spiro atoms. The van der Waals surface area contributed by atoms with E-state index in [4.69, 9.17) is 4.42 Å². The van der Waals surface area contributed by atoms with Gasteiger partial charge in [0.1, 0.15) is 5.76 Å². The predicted molar refractivity (Wildman–Crippen MR) is 103 cm³/mol. The number of anilines is 1. The van der Waals surface area contributed by atoms with Crippen LogP contribution in [0.25, 0.3) is 10.8 Å². The molecule has 5 heteroatoms. The Morgan fingerprint density at radius 1 is 1.04 bits per heavy atom. The van der Waals surface area contributed by atoms with Gasteiger partial charge < -0.3 is 15.1 Å². The molecule has 1 atom stereocenters. The highest BCUT2D eigenvalue weighted by Crippen LogP contribution is 2.25. The number of nitrogens with one attached hydrogen (secondary N) is 2. The van der Waals surface area contributed by atoms with E-state index in [2.05, 4.69) is 15.5 Å². The van der Waals surface area contributed by atoms with Crippen LogP contribution in [-0.2, 0) is 0 Å². The quantitative estimate of drug-likeness (QED) is 0.718. The van der Waals surface area contributed by atoms with Crippen LogP contribution in [0.2, 0.25) is 0 Å². The highest BCUT2D eigenvalue weighted by atomic mass is 16.3. The lowest BCUT2D eigenvalue weighted by atomic mass is 10.1. The van der Waals surface area contributed by atoms with Gasteiger partial charge in [-0.15, -0.1) is 0 Å². The van der Waals surface area contributed by atoms with Crippen molar-refractivity contribution >= 4 is 22.5 Å². The highest BCUT2D eigenvalue weighted by Gasteiger charge is 2.25. The van der Waals surface area contributed by atoms with Crippen LogP contribution in [0.15, 0.2) is 65.3 Å². The molecule has 1 unspecified atom stereocenters. The number of furan rings is 1. The SMILES string of the molecule is O=C(NCC(c1ccco1)N1CCCC1)Nc1cccc2ccccc12. The number of rotatable bonds is 5. The van der Waals surface area contributed by atoms with Crippen molar-refractivity contribution in [2.24, 2.45) is 0 Å². The number of nitrogens with zero attached hydrogens (tertiary/aromatic N) is 1. The standard InChI is InChI=1S/C21H23N3O2/c25-21(23-18-10-5-8-16-7-1-2-9-17(16)18)22-15-19(20-11-6-14-26-20)24-12-3-4-13-24/h1-2,5-11,14,19H,3-4,12-13,15H2,(H2,22,23,25). The maximum absolute atomic E-state index is 12.5. The molecular formula is C21H23N3O2. The van der Waals surface area contributed by atoms with Gasteiger partial charge in [-0.2, -0.15) is 0 Å². The average molecular weight is 349 g/mol. The summed E-state index contributed by atoms with van der Waals surface area (Å²) < 4.78 is 5.60. The molecule has 2 aromatic carbocycles. The van der Waals surface area contributed by atoms with Crippen LogP contribution < -0.4 is 10.6 Å². The van der Waals surface area contributed by atoms with E-state index >= 15 is 0 Å². The molecule has 4 rings (SSSR count). The maximum atomic E-state index is 12.5. The largest absolute Gasteiger partial charge is 0.468 e. The smallest absolute Gasteiger partial charge is 0.319 e. The highest BCUT2D eigenvalue weighted by molar-refractivity contribution is 6.01. The number of urea groups is 1. The Labute approximate surface area is 153 Å². The molecule has 1 fully saturated rings. The number of benzene rings is 2. The van der Waals surface area contributed by atoms with E-state index in [9.17, 15) is 4.79 Å². The molecule has 0 saturated carbocycles. The number of carbonyl (C=O) groups excluding carboxylic acids is 1. The fraction of sp³-hybridized carbons (Fsp3) is 0.286. The van der Waals surface area contributed by atoms with Gasteiger partial charge in [0.05, 0.1) is 18.0 Å². The minimum atomic E-state index is -0.197. The second-order valence-electron chi connectivity index (χ2n) is 6.64. The Morgan fingerprint density at radius 3 is 2.65 bits per heavy atom. The van der Waals surface area contributed by atoms with Gasteiger partial charge in [0.2, 0.25) is 0 Å². The zero-order valence-electron chi connectivity index (χ0n) is 14.7. The summed E-state index contributed by atoms with van der Waals surface area (Å²) in [5.74, 6) is 0.900. The molecule has 1 aliphatic heterocycles. The first-order valence-corrected chi connectivity index (χ1v) is 9.11. The van der Waals surface area contributed by atoms with Gasteiger partial charge in [0.15, 0.2) is 0 Å². The van der Waals surface area contributed by atoms with Crippen LogP contribution in [-0.4, -0.2) is 30.6 Å². The average Bonchev–Trinajstić information content (AvgIpc) is 3.37. The predicted octanol–water partition coefficient (Wildman–Crippen LogP) is 4.39. The third-order valence-electron chi connectivity index (χ3n) is 4.95. The fourth-order valence-corrected chi connectivity index (χ4v) is 3.63. The molecule has 5 nitrogen and oxygen atoms in total. The van der Waals surface area contributed by atoms with E-state index in [1.165, 1.54) is 12.8 Å². The van der Waals surface area contributed by atoms with Crippen molar-refractivity contribution in [2.75, 3.05) is 25.0 Å². The molecule has 2 amide bonds. The van der Waals surface area contributed by atoms with Crippen LogP contribution >= 0.6 is 0 Å². The Balaban J connectivity index is 1.43. The van der Waals surface area contributed by atoms with Gasteiger partial charge in [-0.3, -0.25) is 4.90 Å². The van der Waals surface area contributed by atoms with Crippen LogP contribution in [0.3, 0.4) is 0 Å². The summed E-state index contributed by atoms with van der Waals surface area (Å²) in [5, 5.41) is 8.13. The Kier molecular flexibility index (Phi) is 4.88. The lowest BCUT2D eigenvalue weighted by Gasteiger charge is -2.26. The second kappa shape index (κ2) is 7.62. The lowest BCUT2D eigenvalue weighted by molar-refractivity contribution is 0.207. The van der Waals surface area contributed by atoms with Crippen molar-refractivity contribution in [3.63, 3.8) is 0 Å². The van der Waals surface area contributed by atoms with Crippen molar-refractivity contribution in [1.29, 1.82) is 0 Å². The van der Waals surface area contributed by atoms with E-state index in [-0.39, 0.29) is 12.1 Å². The fourth-order valence-electron chi connectivity index (χ4n) is 3.63. The van der Waals surface area contributed by atoms with Gasteiger partial charge in [-0.1, -0.05) is 36.4 Å². The first kappa shape index (κ1) is 16.7. The molecule has 1 aliphatic rings. The molecule has 0 aliphatic carbocycles. The van der Waals surface area contributed by atoms with E-state index in [0.29, 0.717) is 6.54 Å². The summed E-state index contributed by atoms with van der Waals surface area (Å²) >= 11 is 0. The Bertz CT molecular complexity index is 865. The Hall–Kier alpha value is -2.79. The normalized spacial score (nSPS) is 15.8. The molecule has 1 aromatic heterocycles. The molecule has 3 aromatic rings. The first-order chi connectivity index (χ1) is 12.8. The van der Waals surface area contributed by atoms with E-state index in [1.807, 2.05) is 54.6 Å². The van der Waals surface area contributed by atoms with E-state index in [1.54, 1.807) is 6.26 Å². The van der Waals surface area contributed by atoms with Crippen molar-refractivity contribution in [1.82, 2.24) is 10.2 Å². The summed E-state index contributed by atoms with van der Waals surface area (Å²) in [6.45, 7) is 2.60. The number of amides is 2. The molecular weight excluding hydrogens is 326 g/mol. The van der Waals surface area contributed by atoms with Gasteiger partial charge in [-0.05, 0) is 49.5 Å². The van der Waals surface area contributed by atoms with Crippen molar-refractivity contribution in [3.05, 3.63) is 66.6 Å². The van der Waals surface area contributed by atoms with Crippen LogP contribution in [0.5, 0.6) is 0 Å². The number of carbonyl (C=O) groups is 1. The second-order valence-corrected chi connectivity index (χ2v) is 6.64. The minimum absolute atomic E-state index is 0.0748.